The molecule has 0 amide bonds. The van der Waals surface area contributed by atoms with Gasteiger partial charge in [0.1, 0.15) is 5.75 Å². The fourth-order valence-electron chi connectivity index (χ4n) is 4.28. The van der Waals surface area contributed by atoms with Crippen molar-refractivity contribution in [3.05, 3.63) is 101 Å². The first-order chi connectivity index (χ1) is 12.7. The van der Waals surface area contributed by atoms with Crippen LogP contribution in [0, 0.1) is 0 Å². The Labute approximate surface area is 156 Å². The fraction of sp³-hybridized carbons (Fsp3) is 0.250. The van der Waals surface area contributed by atoms with E-state index in [1.807, 2.05) is 0 Å². The molecular formula is C24H25NO. The van der Waals surface area contributed by atoms with E-state index in [-0.39, 0.29) is 5.54 Å². The summed E-state index contributed by atoms with van der Waals surface area (Å²) in [5.41, 5.74) is 5.11. The second-order valence-corrected chi connectivity index (χ2v) is 7.09. The summed E-state index contributed by atoms with van der Waals surface area (Å²) < 4.78 is 5.80. The quantitative estimate of drug-likeness (QED) is 0.660. The number of hydrogen-bond acceptors (Lipinski definition) is 2. The molecule has 0 aromatic heterocycles. The van der Waals surface area contributed by atoms with Gasteiger partial charge < -0.3 is 4.74 Å². The maximum atomic E-state index is 5.80. The lowest BCUT2D eigenvalue weighted by Gasteiger charge is -2.47. The zero-order valence-corrected chi connectivity index (χ0v) is 15.5. The number of benzene rings is 3. The van der Waals surface area contributed by atoms with Crippen molar-refractivity contribution in [1.82, 2.24) is 4.90 Å². The minimum absolute atomic E-state index is 0.225. The Balaban J connectivity index is 1.87. The summed E-state index contributed by atoms with van der Waals surface area (Å²) in [4.78, 5) is 2.59. The Morgan fingerprint density at radius 2 is 1.58 bits per heavy atom. The van der Waals surface area contributed by atoms with Gasteiger partial charge in [0, 0.05) is 18.7 Å². The van der Waals surface area contributed by atoms with Gasteiger partial charge in [-0.05, 0) is 36.1 Å². The average Bonchev–Trinajstić information content (AvgIpc) is 2.71. The van der Waals surface area contributed by atoms with Crippen LogP contribution in [0.2, 0.25) is 0 Å². The maximum Gasteiger partial charge on any atom is 0.124 e. The van der Waals surface area contributed by atoms with E-state index in [4.69, 9.17) is 4.74 Å². The summed E-state index contributed by atoms with van der Waals surface area (Å²) >= 11 is 0. The van der Waals surface area contributed by atoms with Crippen molar-refractivity contribution in [3.63, 3.8) is 0 Å². The van der Waals surface area contributed by atoms with Gasteiger partial charge >= 0.3 is 0 Å². The first-order valence-corrected chi connectivity index (χ1v) is 9.24. The van der Waals surface area contributed by atoms with E-state index in [1.54, 1.807) is 7.11 Å². The fourth-order valence-corrected chi connectivity index (χ4v) is 4.28. The second kappa shape index (κ2) is 6.97. The molecule has 3 aromatic rings. The Kier molecular flexibility index (Phi) is 4.52. The number of methoxy groups -OCH3 is 1. The Morgan fingerprint density at radius 3 is 2.27 bits per heavy atom. The van der Waals surface area contributed by atoms with E-state index in [9.17, 15) is 0 Å². The van der Waals surface area contributed by atoms with Gasteiger partial charge in [0.25, 0.3) is 0 Å². The molecular weight excluding hydrogens is 318 g/mol. The molecule has 0 radical (unpaired) electrons. The van der Waals surface area contributed by atoms with E-state index >= 15 is 0 Å². The van der Waals surface area contributed by atoms with Crippen LogP contribution in [-0.2, 0) is 18.5 Å². The molecule has 0 N–H and O–H groups in total. The number of fused-ring (bicyclic) bond motifs is 1. The summed E-state index contributed by atoms with van der Waals surface area (Å²) in [6.07, 6.45) is 1.04. The van der Waals surface area contributed by atoms with Crippen molar-refractivity contribution in [2.24, 2.45) is 0 Å². The summed E-state index contributed by atoms with van der Waals surface area (Å²) in [6.45, 7) is 4.29. The van der Waals surface area contributed by atoms with Crippen LogP contribution in [0.4, 0.5) is 0 Å². The molecule has 0 fully saturated rings. The Bertz CT molecular complexity index is 861. The van der Waals surface area contributed by atoms with Crippen LogP contribution in [0.25, 0.3) is 0 Å². The van der Waals surface area contributed by atoms with E-state index in [1.165, 1.54) is 22.3 Å². The van der Waals surface area contributed by atoms with Crippen LogP contribution in [0.1, 0.15) is 29.2 Å². The van der Waals surface area contributed by atoms with E-state index in [2.05, 4.69) is 90.7 Å². The minimum atomic E-state index is -0.225. The highest BCUT2D eigenvalue weighted by Crippen LogP contribution is 2.45. The highest BCUT2D eigenvalue weighted by Gasteiger charge is 2.42. The molecule has 26 heavy (non-hydrogen) atoms. The van der Waals surface area contributed by atoms with Crippen molar-refractivity contribution in [2.45, 2.75) is 25.4 Å². The third-order valence-corrected chi connectivity index (χ3v) is 5.65. The van der Waals surface area contributed by atoms with Crippen LogP contribution >= 0.6 is 0 Å². The van der Waals surface area contributed by atoms with Crippen LogP contribution in [0.15, 0.2) is 78.9 Å². The molecule has 4 rings (SSSR count). The molecule has 0 spiro atoms. The molecule has 1 aliphatic heterocycles. The molecule has 1 aliphatic rings. The van der Waals surface area contributed by atoms with Crippen molar-refractivity contribution >= 4 is 0 Å². The van der Waals surface area contributed by atoms with Crippen LogP contribution in [-0.4, -0.2) is 18.6 Å². The smallest absolute Gasteiger partial charge is 0.124 e. The number of hydrogen-bond donors (Lipinski definition) is 0. The molecule has 0 aliphatic carbocycles. The monoisotopic (exact) mass is 343 g/mol. The van der Waals surface area contributed by atoms with Crippen molar-refractivity contribution in [1.29, 1.82) is 0 Å². The number of nitrogens with zero attached hydrogens (tertiary/aromatic N) is 1. The second-order valence-electron chi connectivity index (χ2n) is 7.09. The zero-order valence-electron chi connectivity index (χ0n) is 15.5. The third kappa shape index (κ3) is 2.81. The standard InChI is InChI=1S/C24H25NO/c1-24(21-13-7-4-8-14-21)23-20(12-9-15-22(23)26-2)16-17-25(24)18-19-10-5-3-6-11-19/h3-15H,16-18H2,1-2H3. The molecule has 0 saturated heterocycles. The van der Waals surface area contributed by atoms with Gasteiger partial charge in [-0.1, -0.05) is 72.8 Å². The number of ether oxygens (including phenoxy) is 1. The first-order valence-electron chi connectivity index (χ1n) is 9.24. The summed E-state index contributed by atoms with van der Waals surface area (Å²) in [6, 6.07) is 28.0. The van der Waals surface area contributed by atoms with E-state index < -0.39 is 0 Å². The van der Waals surface area contributed by atoms with E-state index in [0.29, 0.717) is 0 Å². The zero-order chi connectivity index (χ0) is 18.0. The van der Waals surface area contributed by atoms with Crippen LogP contribution in [0.5, 0.6) is 5.75 Å². The van der Waals surface area contributed by atoms with Gasteiger partial charge in [0.15, 0.2) is 0 Å². The predicted molar refractivity (Wildman–Crippen MR) is 106 cm³/mol. The normalized spacial score (nSPS) is 19.8. The van der Waals surface area contributed by atoms with E-state index in [0.717, 1.165) is 25.3 Å². The molecule has 0 bridgehead atoms. The van der Waals surface area contributed by atoms with Gasteiger partial charge in [-0.3, -0.25) is 4.90 Å². The molecule has 0 saturated carbocycles. The Morgan fingerprint density at radius 1 is 0.885 bits per heavy atom. The summed E-state index contributed by atoms with van der Waals surface area (Å²) in [7, 11) is 1.77. The minimum Gasteiger partial charge on any atom is -0.496 e. The van der Waals surface area contributed by atoms with Gasteiger partial charge in [-0.15, -0.1) is 0 Å². The SMILES string of the molecule is COc1cccc2c1C(C)(c1ccccc1)N(Cc1ccccc1)CC2. The topological polar surface area (TPSA) is 12.5 Å². The lowest BCUT2D eigenvalue weighted by atomic mass is 9.76. The summed E-state index contributed by atoms with van der Waals surface area (Å²) in [5.74, 6) is 0.978. The largest absolute Gasteiger partial charge is 0.496 e. The van der Waals surface area contributed by atoms with Crippen LogP contribution in [0.3, 0.4) is 0 Å². The highest BCUT2D eigenvalue weighted by atomic mass is 16.5. The van der Waals surface area contributed by atoms with Gasteiger partial charge in [-0.2, -0.15) is 0 Å². The Hall–Kier alpha value is -2.58. The van der Waals surface area contributed by atoms with Crippen molar-refractivity contribution in [2.75, 3.05) is 13.7 Å². The van der Waals surface area contributed by atoms with Crippen LogP contribution < -0.4 is 4.74 Å². The molecule has 2 heteroatoms. The first kappa shape index (κ1) is 16.9. The number of rotatable bonds is 4. The maximum absolute atomic E-state index is 5.80. The predicted octanol–water partition coefficient (Wildman–Crippen LogP) is 5.02. The lowest BCUT2D eigenvalue weighted by molar-refractivity contribution is 0.114. The molecule has 1 atom stereocenters. The third-order valence-electron chi connectivity index (χ3n) is 5.65. The van der Waals surface area contributed by atoms with Crippen molar-refractivity contribution in [3.8, 4) is 5.75 Å². The molecule has 3 aromatic carbocycles. The summed E-state index contributed by atoms with van der Waals surface area (Å²) in [5, 5.41) is 0. The lowest BCUT2D eigenvalue weighted by Crippen LogP contribution is -2.49. The molecule has 1 heterocycles. The van der Waals surface area contributed by atoms with Crippen molar-refractivity contribution < 1.29 is 4.74 Å². The van der Waals surface area contributed by atoms with Gasteiger partial charge in [0.05, 0.1) is 12.6 Å². The molecule has 2 nitrogen and oxygen atoms in total. The average molecular weight is 343 g/mol. The van der Waals surface area contributed by atoms with Gasteiger partial charge in [0.2, 0.25) is 0 Å². The molecule has 132 valence electrons. The van der Waals surface area contributed by atoms with Gasteiger partial charge in [-0.25, -0.2) is 0 Å². The molecule has 1 unspecified atom stereocenters. The highest BCUT2D eigenvalue weighted by molar-refractivity contribution is 5.52.